The van der Waals surface area contributed by atoms with Crippen molar-refractivity contribution in [1.29, 1.82) is 0 Å². The fourth-order valence-electron chi connectivity index (χ4n) is 1.73. The number of nitrogens with two attached hydrogens (primary N) is 1. The van der Waals surface area contributed by atoms with E-state index in [1.165, 1.54) is 0 Å². The Morgan fingerprint density at radius 3 is 3.05 bits per heavy atom. The van der Waals surface area contributed by atoms with E-state index in [0.717, 1.165) is 18.0 Å². The fourth-order valence-corrected chi connectivity index (χ4v) is 2.36. The molecule has 0 unspecified atom stereocenters. The van der Waals surface area contributed by atoms with Gasteiger partial charge in [-0.25, -0.2) is 14.4 Å². The van der Waals surface area contributed by atoms with E-state index in [-0.39, 0.29) is 29.4 Å². The number of anilines is 2. The molecule has 0 fully saturated rings. The van der Waals surface area contributed by atoms with Crippen LogP contribution in [0.1, 0.15) is 0 Å². The lowest BCUT2D eigenvalue weighted by atomic mass is 10.3. The first-order chi connectivity index (χ1) is 10.6. The zero-order chi connectivity index (χ0) is 15.5. The molecule has 7 nitrogen and oxygen atoms in total. The summed E-state index contributed by atoms with van der Waals surface area (Å²) in [7, 11) is 0. The van der Waals surface area contributed by atoms with Gasteiger partial charge >= 0.3 is 0 Å². The molecule has 2 aromatic rings. The second-order valence-corrected chi connectivity index (χ2v) is 5.23. The number of amides is 1. The highest BCUT2D eigenvalue weighted by molar-refractivity contribution is 7.99. The number of nitrogen functional groups attached to an aromatic ring is 1. The monoisotopic (exact) mass is 322 g/mol. The molecular weight excluding hydrogens is 311 g/mol. The molecule has 3 N–H and O–H groups in total. The van der Waals surface area contributed by atoms with E-state index in [2.05, 4.69) is 15.3 Å². The van der Waals surface area contributed by atoms with E-state index in [1.54, 1.807) is 18.2 Å². The average molecular weight is 322 g/mol. The van der Waals surface area contributed by atoms with Gasteiger partial charge in [-0.15, -0.1) is 0 Å². The summed E-state index contributed by atoms with van der Waals surface area (Å²) in [6.45, 7) is 0.173. The summed E-state index contributed by atoms with van der Waals surface area (Å²) in [6.07, 6.45) is 0.973. The number of nitrogens with zero attached hydrogens (tertiary/aromatic N) is 2. The van der Waals surface area contributed by atoms with Gasteiger partial charge in [-0.1, -0.05) is 11.8 Å². The Bertz CT molecular complexity index is 728. The molecule has 114 valence electrons. The number of benzene rings is 1. The molecule has 1 aliphatic rings. The second kappa shape index (κ2) is 6.06. The third-order valence-electron chi connectivity index (χ3n) is 2.74. The van der Waals surface area contributed by atoms with E-state index in [4.69, 9.17) is 15.2 Å². The van der Waals surface area contributed by atoms with Crippen LogP contribution in [0, 0.1) is 5.82 Å². The maximum Gasteiger partial charge on any atom is 0.234 e. The summed E-state index contributed by atoms with van der Waals surface area (Å²) in [5.41, 5.74) is 5.93. The molecule has 1 aromatic carbocycles. The summed E-state index contributed by atoms with van der Waals surface area (Å²) >= 11 is 1.06. The van der Waals surface area contributed by atoms with Crippen molar-refractivity contribution in [3.8, 4) is 11.5 Å². The maximum atomic E-state index is 12.9. The number of fused-ring (bicyclic) bond motifs is 1. The van der Waals surface area contributed by atoms with Crippen molar-refractivity contribution in [3.05, 3.63) is 30.2 Å². The molecule has 0 bridgehead atoms. The lowest BCUT2D eigenvalue weighted by molar-refractivity contribution is -0.113. The van der Waals surface area contributed by atoms with Gasteiger partial charge in [-0.3, -0.25) is 4.79 Å². The Balaban J connectivity index is 1.57. The van der Waals surface area contributed by atoms with Crippen LogP contribution in [-0.4, -0.2) is 28.4 Å². The van der Waals surface area contributed by atoms with Crippen molar-refractivity contribution in [2.45, 2.75) is 5.16 Å². The molecule has 0 radical (unpaired) electrons. The Labute approximate surface area is 129 Å². The number of nitrogens with one attached hydrogen (secondary N) is 1. The first-order valence-electron chi connectivity index (χ1n) is 6.22. The van der Waals surface area contributed by atoms with Crippen LogP contribution < -0.4 is 20.5 Å². The van der Waals surface area contributed by atoms with Crippen molar-refractivity contribution < 1.29 is 18.7 Å². The minimum atomic E-state index is -0.686. The summed E-state index contributed by atoms with van der Waals surface area (Å²) in [4.78, 5) is 19.4. The van der Waals surface area contributed by atoms with Gasteiger partial charge in [-0.2, -0.15) is 0 Å². The molecule has 3 rings (SSSR count). The summed E-state index contributed by atoms with van der Waals surface area (Å²) in [5.74, 6) is 0.111. The van der Waals surface area contributed by atoms with Gasteiger partial charge in [0.2, 0.25) is 12.7 Å². The molecule has 22 heavy (non-hydrogen) atoms. The van der Waals surface area contributed by atoms with Crippen LogP contribution in [0.5, 0.6) is 11.5 Å². The van der Waals surface area contributed by atoms with E-state index in [1.807, 2.05) is 0 Å². The molecule has 0 aliphatic carbocycles. The number of thioether (sulfide) groups is 1. The van der Waals surface area contributed by atoms with E-state index >= 15 is 0 Å². The van der Waals surface area contributed by atoms with Crippen LogP contribution in [0.15, 0.2) is 29.6 Å². The lowest BCUT2D eigenvalue weighted by Crippen LogP contribution is -2.14. The summed E-state index contributed by atoms with van der Waals surface area (Å²) in [5, 5.41) is 2.95. The fraction of sp³-hybridized carbons (Fsp3) is 0.154. The number of ether oxygens (including phenoxy) is 2. The Morgan fingerprint density at radius 2 is 2.23 bits per heavy atom. The van der Waals surface area contributed by atoms with E-state index in [0.29, 0.717) is 17.2 Å². The van der Waals surface area contributed by atoms with Crippen molar-refractivity contribution in [2.75, 3.05) is 23.6 Å². The highest BCUT2D eigenvalue weighted by Gasteiger charge is 2.14. The Hall–Kier alpha value is -2.55. The van der Waals surface area contributed by atoms with Gasteiger partial charge < -0.3 is 20.5 Å². The molecular formula is C13H11FN4O3S. The van der Waals surface area contributed by atoms with Gasteiger partial charge in [0, 0.05) is 11.8 Å². The maximum absolute atomic E-state index is 12.9. The van der Waals surface area contributed by atoms with Gasteiger partial charge in [0.05, 0.1) is 11.9 Å². The average Bonchev–Trinajstić information content (AvgIpc) is 2.96. The van der Waals surface area contributed by atoms with E-state index in [9.17, 15) is 9.18 Å². The Morgan fingerprint density at radius 1 is 1.41 bits per heavy atom. The first kappa shape index (κ1) is 14.4. The number of carbonyl (C=O) groups is 1. The summed E-state index contributed by atoms with van der Waals surface area (Å²) in [6, 6.07) is 5.11. The van der Waals surface area contributed by atoms with Gasteiger partial charge in [0.25, 0.3) is 0 Å². The van der Waals surface area contributed by atoms with E-state index < -0.39 is 5.82 Å². The summed E-state index contributed by atoms with van der Waals surface area (Å²) < 4.78 is 23.3. The third kappa shape index (κ3) is 3.19. The molecule has 9 heteroatoms. The van der Waals surface area contributed by atoms with Gasteiger partial charge in [0.15, 0.2) is 28.3 Å². The molecule has 1 aromatic heterocycles. The van der Waals surface area contributed by atoms with Crippen molar-refractivity contribution in [3.63, 3.8) is 0 Å². The van der Waals surface area contributed by atoms with Crippen LogP contribution in [0.3, 0.4) is 0 Å². The standard InChI is InChI=1S/C13H11FN4O3S/c14-8-4-16-13(18-12(8)15)22-5-11(19)17-7-1-2-9-10(3-7)21-6-20-9/h1-4H,5-6H2,(H,17,19)(H2,15,16,18). The predicted molar refractivity (Wildman–Crippen MR) is 78.3 cm³/mol. The number of hydrogen-bond donors (Lipinski definition) is 2. The second-order valence-electron chi connectivity index (χ2n) is 4.29. The minimum Gasteiger partial charge on any atom is -0.454 e. The zero-order valence-corrected chi connectivity index (χ0v) is 12.0. The molecule has 0 atom stereocenters. The predicted octanol–water partition coefficient (Wildman–Crippen LogP) is 1.66. The minimum absolute atomic E-state index is 0.0690. The first-order valence-corrected chi connectivity index (χ1v) is 7.21. The largest absolute Gasteiger partial charge is 0.454 e. The number of aromatic nitrogens is 2. The van der Waals surface area contributed by atoms with Crippen LogP contribution in [-0.2, 0) is 4.79 Å². The Kier molecular flexibility index (Phi) is 3.96. The smallest absolute Gasteiger partial charge is 0.234 e. The van der Waals surface area contributed by atoms with Crippen LogP contribution in [0.4, 0.5) is 15.9 Å². The lowest BCUT2D eigenvalue weighted by Gasteiger charge is -2.06. The highest BCUT2D eigenvalue weighted by atomic mass is 32.2. The SMILES string of the molecule is Nc1nc(SCC(=O)Nc2ccc3c(c2)OCO3)ncc1F. The number of carbonyl (C=O) groups excluding carboxylic acids is 1. The zero-order valence-electron chi connectivity index (χ0n) is 11.2. The molecule has 1 aliphatic heterocycles. The molecule has 0 saturated carbocycles. The number of hydrogen-bond acceptors (Lipinski definition) is 7. The number of halogens is 1. The topological polar surface area (TPSA) is 99.4 Å². The molecule has 1 amide bonds. The quantitative estimate of drug-likeness (QED) is 0.652. The molecule has 0 saturated heterocycles. The van der Waals surface area contributed by atoms with Crippen molar-refractivity contribution in [2.24, 2.45) is 0 Å². The van der Waals surface area contributed by atoms with Crippen molar-refractivity contribution in [1.82, 2.24) is 9.97 Å². The highest BCUT2D eigenvalue weighted by Crippen LogP contribution is 2.34. The third-order valence-corrected chi connectivity index (χ3v) is 3.60. The normalized spacial score (nSPS) is 12.2. The van der Waals surface area contributed by atoms with Crippen LogP contribution in [0.25, 0.3) is 0 Å². The van der Waals surface area contributed by atoms with Crippen molar-refractivity contribution >= 4 is 29.2 Å². The molecule has 0 spiro atoms. The number of rotatable bonds is 4. The van der Waals surface area contributed by atoms with Gasteiger partial charge in [0.1, 0.15) is 0 Å². The molecule has 2 heterocycles. The van der Waals surface area contributed by atoms with Gasteiger partial charge in [-0.05, 0) is 12.1 Å². The van der Waals surface area contributed by atoms with Crippen LogP contribution >= 0.6 is 11.8 Å². The van der Waals surface area contributed by atoms with Crippen LogP contribution in [0.2, 0.25) is 0 Å².